The largest absolute Gasteiger partial charge is 0.398 e. The van der Waals surface area contributed by atoms with Crippen LogP contribution in [0.3, 0.4) is 0 Å². The summed E-state index contributed by atoms with van der Waals surface area (Å²) in [5, 5.41) is 0.264. The summed E-state index contributed by atoms with van der Waals surface area (Å²) in [4.78, 5) is 4.15. The molecule has 0 saturated carbocycles. The third-order valence-electron chi connectivity index (χ3n) is 2.88. The standard InChI is InChI=1S/C12H14BrClN4O2S/c1-18-5-4-16-11(18)2-3-17-21(19,20)10-7-8(14)6-9(15)12(10)13/h4-7,17H,2-3,15H2,1H3. The molecule has 9 heteroatoms. The SMILES string of the molecule is Cn1ccnc1CCNS(=O)(=O)c1cc(Cl)cc(N)c1Br. The number of sulfonamides is 1. The molecule has 0 aliphatic carbocycles. The number of rotatable bonds is 5. The molecule has 0 radical (unpaired) electrons. The molecule has 1 heterocycles. The maximum Gasteiger partial charge on any atom is 0.241 e. The van der Waals surface area contributed by atoms with Gasteiger partial charge in [0, 0.05) is 43.1 Å². The Morgan fingerprint density at radius 1 is 1.48 bits per heavy atom. The first-order chi connectivity index (χ1) is 9.81. The van der Waals surface area contributed by atoms with E-state index in [0.717, 1.165) is 5.82 Å². The number of hydrogen-bond donors (Lipinski definition) is 2. The quantitative estimate of drug-likeness (QED) is 0.760. The normalized spacial score (nSPS) is 11.8. The van der Waals surface area contributed by atoms with E-state index in [2.05, 4.69) is 25.6 Å². The smallest absolute Gasteiger partial charge is 0.241 e. The van der Waals surface area contributed by atoms with Crippen LogP contribution >= 0.6 is 27.5 Å². The number of nitrogens with two attached hydrogens (primary N) is 1. The highest BCUT2D eigenvalue weighted by atomic mass is 79.9. The van der Waals surface area contributed by atoms with Crippen molar-refractivity contribution in [2.75, 3.05) is 12.3 Å². The Hall–Kier alpha value is -1.09. The van der Waals surface area contributed by atoms with Gasteiger partial charge in [0.15, 0.2) is 0 Å². The van der Waals surface area contributed by atoms with E-state index in [-0.39, 0.29) is 22.2 Å². The number of nitrogens with one attached hydrogen (secondary N) is 1. The average molecular weight is 394 g/mol. The number of nitrogens with zero attached hydrogens (tertiary/aromatic N) is 2. The van der Waals surface area contributed by atoms with Gasteiger partial charge in [0.25, 0.3) is 0 Å². The average Bonchev–Trinajstić information content (AvgIpc) is 2.79. The van der Waals surface area contributed by atoms with Crippen molar-refractivity contribution in [3.8, 4) is 0 Å². The van der Waals surface area contributed by atoms with Crippen LogP contribution in [0.25, 0.3) is 0 Å². The van der Waals surface area contributed by atoms with Crippen molar-refractivity contribution in [2.24, 2.45) is 7.05 Å². The fourth-order valence-corrected chi connectivity index (χ4v) is 4.11. The van der Waals surface area contributed by atoms with Crippen molar-refractivity contribution in [1.82, 2.24) is 14.3 Å². The fraction of sp³-hybridized carbons (Fsp3) is 0.250. The van der Waals surface area contributed by atoms with Crippen LogP contribution in [0.2, 0.25) is 5.02 Å². The van der Waals surface area contributed by atoms with E-state index in [1.54, 1.807) is 12.4 Å². The summed E-state index contributed by atoms with van der Waals surface area (Å²) < 4.78 is 29.2. The highest BCUT2D eigenvalue weighted by Gasteiger charge is 2.20. The topological polar surface area (TPSA) is 90.0 Å². The van der Waals surface area contributed by atoms with E-state index >= 15 is 0 Å². The van der Waals surface area contributed by atoms with Gasteiger partial charge in [-0.05, 0) is 28.1 Å². The van der Waals surface area contributed by atoms with E-state index in [1.165, 1.54) is 12.1 Å². The maximum absolute atomic E-state index is 12.3. The predicted molar refractivity (Wildman–Crippen MR) is 85.7 cm³/mol. The number of halogens is 2. The second-order valence-electron chi connectivity index (χ2n) is 4.41. The highest BCUT2D eigenvalue weighted by molar-refractivity contribution is 9.10. The van der Waals surface area contributed by atoms with Crippen molar-refractivity contribution in [2.45, 2.75) is 11.3 Å². The van der Waals surface area contributed by atoms with Crippen LogP contribution < -0.4 is 10.5 Å². The second kappa shape index (κ2) is 6.35. The van der Waals surface area contributed by atoms with Gasteiger partial charge in [0.1, 0.15) is 5.82 Å². The molecule has 0 atom stereocenters. The van der Waals surface area contributed by atoms with E-state index in [0.29, 0.717) is 10.9 Å². The monoisotopic (exact) mass is 392 g/mol. The number of imidazole rings is 1. The lowest BCUT2D eigenvalue weighted by Crippen LogP contribution is -2.27. The lowest BCUT2D eigenvalue weighted by atomic mass is 10.3. The first-order valence-corrected chi connectivity index (χ1v) is 8.67. The van der Waals surface area contributed by atoms with Gasteiger partial charge in [-0.25, -0.2) is 18.1 Å². The zero-order chi connectivity index (χ0) is 15.6. The Morgan fingerprint density at radius 3 is 2.81 bits per heavy atom. The van der Waals surface area contributed by atoms with Crippen LogP contribution in [0.15, 0.2) is 33.9 Å². The zero-order valence-electron chi connectivity index (χ0n) is 11.2. The molecule has 2 rings (SSSR count). The van der Waals surface area contributed by atoms with Gasteiger partial charge in [-0.3, -0.25) is 0 Å². The van der Waals surface area contributed by atoms with Crippen molar-refractivity contribution in [3.05, 3.63) is 39.8 Å². The molecule has 6 nitrogen and oxygen atoms in total. The molecular formula is C12H14BrClN4O2S. The molecule has 3 N–H and O–H groups in total. The van der Waals surface area contributed by atoms with Gasteiger partial charge < -0.3 is 10.3 Å². The molecule has 0 spiro atoms. The molecule has 0 bridgehead atoms. The lowest BCUT2D eigenvalue weighted by Gasteiger charge is -2.10. The van der Waals surface area contributed by atoms with Crippen molar-refractivity contribution >= 4 is 43.2 Å². The number of aromatic nitrogens is 2. The first kappa shape index (κ1) is 16.3. The number of nitrogen functional groups attached to an aromatic ring is 1. The molecule has 0 fully saturated rings. The summed E-state index contributed by atoms with van der Waals surface area (Å²) >= 11 is 9.03. The summed E-state index contributed by atoms with van der Waals surface area (Å²) in [5.74, 6) is 0.794. The van der Waals surface area contributed by atoms with Crippen LogP contribution in [-0.4, -0.2) is 24.5 Å². The summed E-state index contributed by atoms with van der Waals surface area (Å²) in [6.45, 7) is 0.228. The molecule has 1 aromatic carbocycles. The van der Waals surface area contributed by atoms with Gasteiger partial charge >= 0.3 is 0 Å². The molecule has 0 aliphatic rings. The summed E-state index contributed by atoms with van der Waals surface area (Å²) in [6.07, 6.45) is 3.95. The van der Waals surface area contributed by atoms with Crippen molar-refractivity contribution in [3.63, 3.8) is 0 Å². The molecule has 0 saturated heterocycles. The Bertz CT molecular complexity index is 761. The molecule has 0 unspecified atom stereocenters. The second-order valence-corrected chi connectivity index (χ2v) is 7.37. The minimum atomic E-state index is -3.70. The van der Waals surface area contributed by atoms with Crippen LogP contribution in [0.1, 0.15) is 5.82 Å². The molecular weight excluding hydrogens is 380 g/mol. The van der Waals surface area contributed by atoms with E-state index in [4.69, 9.17) is 17.3 Å². The van der Waals surface area contributed by atoms with E-state index in [1.807, 2.05) is 11.6 Å². The molecule has 1 aromatic heterocycles. The maximum atomic E-state index is 12.3. The van der Waals surface area contributed by atoms with Crippen molar-refractivity contribution < 1.29 is 8.42 Å². The molecule has 21 heavy (non-hydrogen) atoms. The third-order valence-corrected chi connectivity index (χ3v) is 5.73. The van der Waals surface area contributed by atoms with Gasteiger partial charge in [-0.15, -0.1) is 0 Å². The summed E-state index contributed by atoms with van der Waals surface area (Å²) in [7, 11) is -1.85. The number of hydrogen-bond acceptors (Lipinski definition) is 4. The molecule has 114 valence electrons. The predicted octanol–water partition coefficient (Wildman–Crippen LogP) is 1.94. The van der Waals surface area contributed by atoms with Crippen LogP contribution in [0.4, 0.5) is 5.69 Å². The number of anilines is 1. The minimum absolute atomic E-state index is 0.0207. The van der Waals surface area contributed by atoms with E-state index in [9.17, 15) is 8.42 Å². The molecule has 2 aromatic rings. The van der Waals surface area contributed by atoms with Crippen LogP contribution in [0, 0.1) is 0 Å². The number of benzene rings is 1. The summed E-state index contributed by atoms with van der Waals surface area (Å²) in [5.41, 5.74) is 5.98. The van der Waals surface area contributed by atoms with Gasteiger partial charge in [0.2, 0.25) is 10.0 Å². The molecule has 0 amide bonds. The van der Waals surface area contributed by atoms with E-state index < -0.39 is 10.0 Å². The molecule has 0 aliphatic heterocycles. The first-order valence-electron chi connectivity index (χ1n) is 6.01. The Balaban J connectivity index is 2.14. The lowest BCUT2D eigenvalue weighted by molar-refractivity contribution is 0.579. The van der Waals surface area contributed by atoms with Gasteiger partial charge in [-0.1, -0.05) is 11.6 Å². The van der Waals surface area contributed by atoms with Crippen LogP contribution in [0.5, 0.6) is 0 Å². The Labute approximate surface area is 136 Å². The van der Waals surface area contributed by atoms with Crippen molar-refractivity contribution in [1.29, 1.82) is 0 Å². The minimum Gasteiger partial charge on any atom is -0.398 e. The highest BCUT2D eigenvalue weighted by Crippen LogP contribution is 2.31. The Kier molecular flexibility index (Phi) is 4.92. The third kappa shape index (κ3) is 3.76. The van der Waals surface area contributed by atoms with Gasteiger partial charge in [0.05, 0.1) is 9.37 Å². The van der Waals surface area contributed by atoms with Gasteiger partial charge in [-0.2, -0.15) is 0 Å². The summed E-state index contributed by atoms with van der Waals surface area (Å²) in [6, 6.07) is 2.84. The van der Waals surface area contributed by atoms with Crippen LogP contribution in [-0.2, 0) is 23.5 Å². The number of aryl methyl sites for hydroxylation is 1. The Morgan fingerprint density at radius 2 is 2.19 bits per heavy atom. The fourth-order valence-electron chi connectivity index (χ4n) is 1.79. The zero-order valence-corrected chi connectivity index (χ0v) is 14.3.